The number of amides is 2. The number of aryl methyl sites for hydroxylation is 2. The molecule has 1 fully saturated rings. The van der Waals surface area contributed by atoms with E-state index in [1.807, 2.05) is 36.1 Å². The first-order valence-electron chi connectivity index (χ1n) is 8.84. The molecular formula is C21H26N2O. The van der Waals surface area contributed by atoms with Gasteiger partial charge in [-0.3, -0.25) is 0 Å². The van der Waals surface area contributed by atoms with Crippen LogP contribution in [0.3, 0.4) is 0 Å². The number of urea groups is 1. The maximum absolute atomic E-state index is 12.9. The standard InChI is InChI=1S/C21H26N2O/c1-16-10-12-19(13-11-16)22-21(24)23-14-5-3-4-9-20(23)18-8-6-7-17(2)15-18/h6-8,10-13,15,20H,3-5,9,14H2,1-2H3,(H,22,24)/t20-/m1/s1. The maximum atomic E-state index is 12.9. The smallest absolute Gasteiger partial charge is 0.317 e. The predicted molar refractivity (Wildman–Crippen MR) is 99.3 cm³/mol. The summed E-state index contributed by atoms with van der Waals surface area (Å²) in [6.07, 6.45) is 4.47. The largest absolute Gasteiger partial charge is 0.322 e. The molecule has 0 saturated carbocycles. The monoisotopic (exact) mass is 322 g/mol. The van der Waals surface area contributed by atoms with E-state index in [0.29, 0.717) is 0 Å². The van der Waals surface area contributed by atoms with Crippen LogP contribution in [0.4, 0.5) is 10.5 Å². The van der Waals surface area contributed by atoms with Gasteiger partial charge in [0, 0.05) is 12.2 Å². The molecule has 2 amide bonds. The normalized spacial score (nSPS) is 18.1. The van der Waals surface area contributed by atoms with E-state index in [9.17, 15) is 4.79 Å². The first-order chi connectivity index (χ1) is 11.6. The Morgan fingerprint density at radius 2 is 1.79 bits per heavy atom. The summed E-state index contributed by atoms with van der Waals surface area (Å²) in [6, 6.07) is 16.7. The van der Waals surface area contributed by atoms with E-state index >= 15 is 0 Å². The minimum absolute atomic E-state index is 0.00672. The molecule has 0 radical (unpaired) electrons. The van der Waals surface area contributed by atoms with Crippen LogP contribution < -0.4 is 5.32 Å². The molecule has 24 heavy (non-hydrogen) atoms. The predicted octanol–water partition coefficient (Wildman–Crippen LogP) is 5.45. The van der Waals surface area contributed by atoms with Gasteiger partial charge in [0.25, 0.3) is 0 Å². The molecule has 3 nitrogen and oxygen atoms in total. The molecule has 1 heterocycles. The summed E-state index contributed by atoms with van der Waals surface area (Å²) in [7, 11) is 0. The minimum atomic E-state index is 0.00672. The van der Waals surface area contributed by atoms with Gasteiger partial charge in [-0.1, -0.05) is 60.4 Å². The molecule has 2 aromatic carbocycles. The van der Waals surface area contributed by atoms with Crippen LogP contribution in [-0.4, -0.2) is 17.5 Å². The van der Waals surface area contributed by atoms with Crippen LogP contribution in [0.1, 0.15) is 48.4 Å². The van der Waals surface area contributed by atoms with Crippen molar-refractivity contribution in [2.75, 3.05) is 11.9 Å². The highest BCUT2D eigenvalue weighted by molar-refractivity contribution is 5.89. The number of carbonyl (C=O) groups excluding carboxylic acids is 1. The molecule has 3 heteroatoms. The fourth-order valence-corrected chi connectivity index (χ4v) is 3.41. The lowest BCUT2D eigenvalue weighted by Gasteiger charge is -2.31. The van der Waals surface area contributed by atoms with Gasteiger partial charge >= 0.3 is 6.03 Å². The summed E-state index contributed by atoms with van der Waals surface area (Å²) in [5, 5.41) is 3.07. The zero-order chi connectivity index (χ0) is 16.9. The number of nitrogens with zero attached hydrogens (tertiary/aromatic N) is 1. The number of nitrogens with one attached hydrogen (secondary N) is 1. The van der Waals surface area contributed by atoms with Gasteiger partial charge in [-0.15, -0.1) is 0 Å². The van der Waals surface area contributed by atoms with Crippen molar-refractivity contribution in [1.82, 2.24) is 4.90 Å². The van der Waals surface area contributed by atoms with Gasteiger partial charge in [-0.05, 0) is 44.4 Å². The number of likely N-dealkylation sites (tertiary alicyclic amines) is 1. The highest BCUT2D eigenvalue weighted by atomic mass is 16.2. The fraction of sp³-hybridized carbons (Fsp3) is 0.381. The second-order valence-corrected chi connectivity index (χ2v) is 6.77. The first-order valence-corrected chi connectivity index (χ1v) is 8.84. The number of carbonyl (C=O) groups is 1. The van der Waals surface area contributed by atoms with Gasteiger partial charge in [0.2, 0.25) is 0 Å². The van der Waals surface area contributed by atoms with Crippen LogP contribution in [-0.2, 0) is 0 Å². The van der Waals surface area contributed by atoms with Crippen molar-refractivity contribution in [2.45, 2.75) is 45.6 Å². The van der Waals surface area contributed by atoms with Gasteiger partial charge in [-0.2, -0.15) is 0 Å². The third-order valence-electron chi connectivity index (χ3n) is 4.74. The fourth-order valence-electron chi connectivity index (χ4n) is 3.41. The summed E-state index contributed by atoms with van der Waals surface area (Å²) in [6.45, 7) is 4.97. The lowest BCUT2D eigenvalue weighted by molar-refractivity contribution is 0.189. The number of anilines is 1. The van der Waals surface area contributed by atoms with E-state index in [-0.39, 0.29) is 12.1 Å². The molecule has 0 bridgehead atoms. The molecule has 1 aliphatic rings. The molecule has 0 aromatic heterocycles. The Labute approximate surface area is 144 Å². The summed E-state index contributed by atoms with van der Waals surface area (Å²) in [4.78, 5) is 14.9. The third kappa shape index (κ3) is 3.97. The molecule has 1 N–H and O–H groups in total. The van der Waals surface area contributed by atoms with Crippen molar-refractivity contribution in [3.8, 4) is 0 Å². The first kappa shape index (κ1) is 16.6. The molecule has 126 valence electrons. The average molecular weight is 322 g/mol. The number of benzene rings is 2. The zero-order valence-corrected chi connectivity index (χ0v) is 14.6. The van der Waals surface area contributed by atoms with Gasteiger partial charge in [0.1, 0.15) is 0 Å². The SMILES string of the molecule is Cc1ccc(NC(=O)N2CCCCC[C@@H]2c2cccc(C)c2)cc1. The third-order valence-corrected chi connectivity index (χ3v) is 4.74. The second kappa shape index (κ2) is 7.52. The summed E-state index contributed by atoms with van der Waals surface area (Å²) in [5.74, 6) is 0. The zero-order valence-electron chi connectivity index (χ0n) is 14.6. The van der Waals surface area contributed by atoms with E-state index in [1.165, 1.54) is 29.5 Å². The highest BCUT2D eigenvalue weighted by Gasteiger charge is 2.26. The van der Waals surface area contributed by atoms with Gasteiger partial charge in [-0.25, -0.2) is 4.79 Å². The molecule has 1 aliphatic heterocycles. The van der Waals surface area contributed by atoms with Crippen molar-refractivity contribution >= 4 is 11.7 Å². The maximum Gasteiger partial charge on any atom is 0.322 e. The molecule has 1 saturated heterocycles. The van der Waals surface area contributed by atoms with Crippen LogP contribution in [0.2, 0.25) is 0 Å². The van der Waals surface area contributed by atoms with Gasteiger partial charge in [0.05, 0.1) is 6.04 Å². The van der Waals surface area contributed by atoms with E-state index in [2.05, 4.69) is 36.5 Å². The van der Waals surface area contributed by atoms with Crippen LogP contribution in [0.15, 0.2) is 48.5 Å². The van der Waals surface area contributed by atoms with Crippen LogP contribution in [0, 0.1) is 13.8 Å². The Kier molecular flexibility index (Phi) is 5.19. The molecule has 0 spiro atoms. The Balaban J connectivity index is 1.81. The topological polar surface area (TPSA) is 32.3 Å². The van der Waals surface area contributed by atoms with Crippen LogP contribution >= 0.6 is 0 Å². The van der Waals surface area contributed by atoms with Crippen LogP contribution in [0.25, 0.3) is 0 Å². The Morgan fingerprint density at radius 1 is 1.00 bits per heavy atom. The van der Waals surface area contributed by atoms with Crippen molar-refractivity contribution in [3.63, 3.8) is 0 Å². The Bertz CT molecular complexity index is 693. The van der Waals surface area contributed by atoms with Gasteiger partial charge in [0.15, 0.2) is 0 Å². The summed E-state index contributed by atoms with van der Waals surface area (Å²) in [5.41, 5.74) is 4.55. The van der Waals surface area contributed by atoms with Crippen molar-refractivity contribution in [2.24, 2.45) is 0 Å². The molecule has 1 atom stereocenters. The quantitative estimate of drug-likeness (QED) is 0.783. The van der Waals surface area contributed by atoms with E-state index in [4.69, 9.17) is 0 Å². The van der Waals surface area contributed by atoms with Crippen molar-refractivity contribution < 1.29 is 4.79 Å². The molecule has 0 unspecified atom stereocenters. The van der Waals surface area contributed by atoms with Crippen molar-refractivity contribution in [1.29, 1.82) is 0 Å². The molecule has 0 aliphatic carbocycles. The Morgan fingerprint density at radius 3 is 2.54 bits per heavy atom. The van der Waals surface area contributed by atoms with Crippen LogP contribution in [0.5, 0.6) is 0 Å². The average Bonchev–Trinajstić information content (AvgIpc) is 2.83. The van der Waals surface area contributed by atoms with E-state index in [1.54, 1.807) is 0 Å². The minimum Gasteiger partial charge on any atom is -0.317 e. The lowest BCUT2D eigenvalue weighted by Crippen LogP contribution is -2.38. The number of rotatable bonds is 2. The van der Waals surface area contributed by atoms with Gasteiger partial charge < -0.3 is 10.2 Å². The van der Waals surface area contributed by atoms with E-state index in [0.717, 1.165) is 25.1 Å². The summed E-state index contributed by atoms with van der Waals surface area (Å²) < 4.78 is 0. The molecule has 2 aromatic rings. The molecular weight excluding hydrogens is 296 g/mol. The number of hydrogen-bond donors (Lipinski definition) is 1. The Hall–Kier alpha value is -2.29. The van der Waals surface area contributed by atoms with Crippen molar-refractivity contribution in [3.05, 3.63) is 65.2 Å². The second-order valence-electron chi connectivity index (χ2n) is 6.77. The highest BCUT2D eigenvalue weighted by Crippen LogP contribution is 2.31. The van der Waals surface area contributed by atoms with E-state index < -0.39 is 0 Å². The number of hydrogen-bond acceptors (Lipinski definition) is 1. The summed E-state index contributed by atoms with van der Waals surface area (Å²) >= 11 is 0. The lowest BCUT2D eigenvalue weighted by atomic mass is 9.99. The molecule has 3 rings (SSSR count).